The van der Waals surface area contributed by atoms with Crippen molar-refractivity contribution in [3.05, 3.63) is 0 Å². The number of carbonyl (C=O) groups excluding carboxylic acids is 3. The molecule has 0 aliphatic carbocycles. The number of nitrogens with two attached hydrogens (primary N) is 2. The molecule has 0 heterocycles. The van der Waals surface area contributed by atoms with Crippen molar-refractivity contribution in [2.24, 2.45) is 17.4 Å². The Morgan fingerprint density at radius 1 is 1.08 bits per heavy atom. The standard InChI is InChI=1S/C14H26N4O5S/c1-7(2)5-9(14(22)23)17-13(21)10(6-24)18-12(20)8(15)3-4-11(16)19/h7-10,24H,3-6,15H2,1-2H3,(H2,16,19)(H,17,21)(H,18,20)(H,22,23). The van der Waals surface area contributed by atoms with E-state index in [1.165, 1.54) is 0 Å². The van der Waals surface area contributed by atoms with Gasteiger partial charge < -0.3 is 27.2 Å². The summed E-state index contributed by atoms with van der Waals surface area (Å²) in [6.45, 7) is 3.66. The lowest BCUT2D eigenvalue weighted by molar-refractivity contribution is -0.142. The lowest BCUT2D eigenvalue weighted by Crippen LogP contribution is -2.55. The molecule has 0 aromatic carbocycles. The number of primary amides is 1. The van der Waals surface area contributed by atoms with E-state index in [1.807, 2.05) is 13.8 Å². The van der Waals surface area contributed by atoms with Crippen molar-refractivity contribution in [3.63, 3.8) is 0 Å². The third-order valence-electron chi connectivity index (χ3n) is 3.18. The summed E-state index contributed by atoms with van der Waals surface area (Å²) >= 11 is 3.99. The molecule has 9 nitrogen and oxygen atoms in total. The first-order valence-electron chi connectivity index (χ1n) is 7.56. The zero-order valence-electron chi connectivity index (χ0n) is 13.8. The molecule has 3 unspecified atom stereocenters. The molecule has 138 valence electrons. The summed E-state index contributed by atoms with van der Waals surface area (Å²) in [5.74, 6) is -3.00. The summed E-state index contributed by atoms with van der Waals surface area (Å²) < 4.78 is 0. The highest BCUT2D eigenvalue weighted by molar-refractivity contribution is 7.80. The maximum absolute atomic E-state index is 12.1. The normalized spacial score (nSPS) is 14.5. The number of carboxylic acids is 1. The lowest BCUT2D eigenvalue weighted by Gasteiger charge is -2.22. The molecule has 0 saturated carbocycles. The summed E-state index contributed by atoms with van der Waals surface area (Å²) in [6.07, 6.45) is 0.251. The van der Waals surface area contributed by atoms with Gasteiger partial charge in [-0.2, -0.15) is 12.6 Å². The Labute approximate surface area is 146 Å². The quantitative estimate of drug-likeness (QED) is 0.248. The third kappa shape index (κ3) is 8.73. The molecule has 0 aromatic heterocycles. The highest BCUT2D eigenvalue weighted by Gasteiger charge is 2.27. The van der Waals surface area contributed by atoms with Crippen LogP contribution in [-0.2, 0) is 19.2 Å². The summed E-state index contributed by atoms with van der Waals surface area (Å²) in [4.78, 5) is 45.9. The van der Waals surface area contributed by atoms with Gasteiger partial charge in [-0.25, -0.2) is 4.79 Å². The average Bonchev–Trinajstić information content (AvgIpc) is 2.48. The van der Waals surface area contributed by atoms with Gasteiger partial charge in [0.15, 0.2) is 0 Å². The fourth-order valence-corrected chi connectivity index (χ4v) is 2.12. The van der Waals surface area contributed by atoms with Crippen LogP contribution in [0.1, 0.15) is 33.1 Å². The number of amides is 3. The van der Waals surface area contributed by atoms with Gasteiger partial charge in [-0.15, -0.1) is 0 Å². The van der Waals surface area contributed by atoms with Crippen molar-refractivity contribution in [1.29, 1.82) is 0 Å². The monoisotopic (exact) mass is 362 g/mol. The van der Waals surface area contributed by atoms with Crippen LogP contribution in [0.5, 0.6) is 0 Å². The van der Waals surface area contributed by atoms with Crippen LogP contribution in [0.3, 0.4) is 0 Å². The van der Waals surface area contributed by atoms with Crippen LogP contribution >= 0.6 is 12.6 Å². The lowest BCUT2D eigenvalue weighted by atomic mass is 10.0. The second-order valence-electron chi connectivity index (χ2n) is 5.88. The molecule has 0 aromatic rings. The minimum Gasteiger partial charge on any atom is -0.480 e. The van der Waals surface area contributed by atoms with Crippen molar-refractivity contribution in [2.75, 3.05) is 5.75 Å². The van der Waals surface area contributed by atoms with Gasteiger partial charge >= 0.3 is 5.97 Å². The largest absolute Gasteiger partial charge is 0.480 e. The van der Waals surface area contributed by atoms with Gasteiger partial charge in [-0.3, -0.25) is 14.4 Å². The Balaban J connectivity index is 4.70. The van der Waals surface area contributed by atoms with E-state index in [1.54, 1.807) is 0 Å². The zero-order chi connectivity index (χ0) is 18.9. The zero-order valence-corrected chi connectivity index (χ0v) is 14.7. The Hall–Kier alpha value is -1.81. The van der Waals surface area contributed by atoms with E-state index < -0.39 is 41.8 Å². The number of hydrogen-bond acceptors (Lipinski definition) is 6. The first-order chi connectivity index (χ1) is 11.1. The smallest absolute Gasteiger partial charge is 0.326 e. The van der Waals surface area contributed by atoms with Crippen LogP contribution in [0, 0.1) is 5.92 Å². The van der Waals surface area contributed by atoms with E-state index in [0.29, 0.717) is 0 Å². The van der Waals surface area contributed by atoms with E-state index in [4.69, 9.17) is 16.6 Å². The van der Waals surface area contributed by atoms with Crippen LogP contribution in [0.4, 0.5) is 0 Å². The molecule has 0 spiro atoms. The predicted molar refractivity (Wildman–Crippen MR) is 91.2 cm³/mol. The minimum atomic E-state index is -1.15. The summed E-state index contributed by atoms with van der Waals surface area (Å²) in [5, 5.41) is 13.9. The minimum absolute atomic E-state index is 0.0336. The van der Waals surface area contributed by atoms with E-state index in [2.05, 4.69) is 23.3 Å². The summed E-state index contributed by atoms with van der Waals surface area (Å²) in [6, 6.07) is -3.09. The molecule has 0 aliphatic heterocycles. The SMILES string of the molecule is CC(C)CC(NC(=O)C(CS)NC(=O)C(N)CCC(N)=O)C(=O)O. The average molecular weight is 362 g/mol. The van der Waals surface area contributed by atoms with Crippen molar-refractivity contribution in [1.82, 2.24) is 10.6 Å². The molecule has 10 heteroatoms. The predicted octanol–water partition coefficient (Wildman–Crippen LogP) is -1.39. The Morgan fingerprint density at radius 3 is 2.04 bits per heavy atom. The van der Waals surface area contributed by atoms with Crippen LogP contribution < -0.4 is 22.1 Å². The van der Waals surface area contributed by atoms with Crippen molar-refractivity contribution >= 4 is 36.3 Å². The second kappa shape index (κ2) is 10.9. The highest BCUT2D eigenvalue weighted by atomic mass is 32.1. The van der Waals surface area contributed by atoms with E-state index in [0.717, 1.165) is 0 Å². The third-order valence-corrected chi connectivity index (χ3v) is 3.54. The van der Waals surface area contributed by atoms with Crippen molar-refractivity contribution in [3.8, 4) is 0 Å². The molecule has 0 radical (unpaired) electrons. The summed E-state index contributed by atoms with van der Waals surface area (Å²) in [7, 11) is 0. The van der Waals surface area contributed by atoms with Crippen LogP contribution in [0.2, 0.25) is 0 Å². The van der Waals surface area contributed by atoms with E-state index in [-0.39, 0.29) is 30.9 Å². The van der Waals surface area contributed by atoms with E-state index >= 15 is 0 Å². The molecule has 0 aliphatic rings. The topological polar surface area (TPSA) is 165 Å². The fourth-order valence-electron chi connectivity index (χ4n) is 1.87. The highest BCUT2D eigenvalue weighted by Crippen LogP contribution is 2.06. The van der Waals surface area contributed by atoms with Crippen LogP contribution in [-0.4, -0.2) is 52.7 Å². The number of aliphatic carboxylic acids is 1. The van der Waals surface area contributed by atoms with Gasteiger partial charge in [0, 0.05) is 12.2 Å². The molecular formula is C14H26N4O5S. The summed E-state index contributed by atoms with van der Waals surface area (Å²) in [5.41, 5.74) is 10.6. The van der Waals surface area contributed by atoms with Gasteiger partial charge in [-0.1, -0.05) is 13.8 Å². The Morgan fingerprint density at radius 2 is 1.62 bits per heavy atom. The number of carbonyl (C=O) groups is 4. The van der Waals surface area contributed by atoms with Crippen molar-refractivity contribution < 1.29 is 24.3 Å². The first-order valence-corrected chi connectivity index (χ1v) is 8.20. The van der Waals surface area contributed by atoms with Gasteiger partial charge in [0.25, 0.3) is 0 Å². The molecule has 0 bridgehead atoms. The van der Waals surface area contributed by atoms with E-state index in [9.17, 15) is 19.2 Å². The maximum Gasteiger partial charge on any atom is 0.326 e. The van der Waals surface area contributed by atoms with Crippen LogP contribution in [0.15, 0.2) is 0 Å². The molecule has 0 fully saturated rings. The molecule has 0 saturated heterocycles. The maximum atomic E-state index is 12.1. The van der Waals surface area contributed by atoms with Crippen LogP contribution in [0.25, 0.3) is 0 Å². The van der Waals surface area contributed by atoms with Gasteiger partial charge in [-0.05, 0) is 18.8 Å². The molecule has 3 amide bonds. The molecule has 24 heavy (non-hydrogen) atoms. The molecular weight excluding hydrogens is 336 g/mol. The fraction of sp³-hybridized carbons (Fsp3) is 0.714. The second-order valence-corrected chi connectivity index (χ2v) is 6.25. The Kier molecular flexibility index (Phi) is 10.0. The van der Waals surface area contributed by atoms with Gasteiger partial charge in [0.2, 0.25) is 17.7 Å². The Bertz CT molecular complexity index is 472. The number of nitrogens with one attached hydrogen (secondary N) is 2. The van der Waals surface area contributed by atoms with Crippen molar-refractivity contribution in [2.45, 2.75) is 51.2 Å². The number of hydrogen-bond donors (Lipinski definition) is 6. The number of carboxylic acid groups (broad SMARTS) is 1. The molecule has 0 rings (SSSR count). The molecule has 3 atom stereocenters. The van der Waals surface area contributed by atoms with Gasteiger partial charge in [0.1, 0.15) is 12.1 Å². The molecule has 7 N–H and O–H groups in total. The number of thiol groups is 1. The first kappa shape index (κ1) is 22.2. The number of rotatable bonds is 11. The van der Waals surface area contributed by atoms with Gasteiger partial charge in [0.05, 0.1) is 6.04 Å².